The van der Waals surface area contributed by atoms with E-state index in [-0.39, 0.29) is 0 Å². The molecule has 184 valence electrons. The Balaban J connectivity index is 0.00000141. The van der Waals surface area contributed by atoms with Gasteiger partial charge < -0.3 is 0 Å². The molecule has 7 atom stereocenters. The van der Waals surface area contributed by atoms with Gasteiger partial charge in [0.1, 0.15) is 0 Å². The first-order valence-electron chi connectivity index (χ1n) is 14.0. The van der Waals surface area contributed by atoms with E-state index in [0.29, 0.717) is 27.1 Å². The van der Waals surface area contributed by atoms with Crippen molar-refractivity contribution in [1.82, 2.24) is 0 Å². The van der Waals surface area contributed by atoms with Crippen LogP contribution in [0.5, 0.6) is 0 Å². The molecule has 0 radical (unpaired) electrons. The Morgan fingerprint density at radius 2 is 1.56 bits per heavy atom. The highest BCUT2D eigenvalue weighted by Crippen LogP contribution is 2.70. The van der Waals surface area contributed by atoms with Gasteiger partial charge in [0.05, 0.1) is 0 Å². The first-order valence-corrected chi connectivity index (χ1v) is 14.0. The molecule has 0 aromatic heterocycles. The minimum atomic E-state index is 0.424. The van der Waals surface area contributed by atoms with Gasteiger partial charge in [0.15, 0.2) is 0 Å². The predicted octanol–water partition coefficient (Wildman–Crippen LogP) is 10.2. The molecule has 0 N–H and O–H groups in total. The van der Waals surface area contributed by atoms with Gasteiger partial charge in [0.25, 0.3) is 0 Å². The third kappa shape index (κ3) is 4.09. The van der Waals surface area contributed by atoms with Crippen LogP contribution < -0.4 is 0 Å². The lowest BCUT2D eigenvalue weighted by Gasteiger charge is -2.66. The fourth-order valence-corrected chi connectivity index (χ4v) is 9.87. The summed E-state index contributed by atoms with van der Waals surface area (Å²) in [5.41, 5.74) is 4.49. The Bertz CT molecular complexity index is 704. The molecule has 0 aliphatic heterocycles. The smallest absolute Gasteiger partial charge is 0.0141 e. The molecule has 0 heterocycles. The van der Waals surface area contributed by atoms with Crippen LogP contribution in [-0.4, -0.2) is 0 Å². The minimum absolute atomic E-state index is 0.424. The second kappa shape index (κ2) is 8.61. The summed E-state index contributed by atoms with van der Waals surface area (Å²) < 4.78 is 0. The molecule has 4 aliphatic rings. The van der Waals surface area contributed by atoms with Gasteiger partial charge in [-0.05, 0) is 109 Å². The third-order valence-electron chi connectivity index (χ3n) is 11.4. The molecule has 0 amide bonds. The monoisotopic (exact) mass is 440 g/mol. The van der Waals surface area contributed by atoms with Gasteiger partial charge in [-0.25, -0.2) is 0 Å². The maximum absolute atomic E-state index is 3.00. The van der Waals surface area contributed by atoms with Gasteiger partial charge >= 0.3 is 0 Å². The highest BCUT2D eigenvalue weighted by atomic mass is 14.7. The lowest BCUT2D eigenvalue weighted by molar-refractivity contribution is -0.134. The Kier molecular flexibility index (Phi) is 7.02. The van der Waals surface area contributed by atoms with Gasteiger partial charge in [-0.3, -0.25) is 0 Å². The molecule has 0 nitrogen and oxygen atoms in total. The summed E-state index contributed by atoms with van der Waals surface area (Å²) in [4.78, 5) is 0. The van der Waals surface area contributed by atoms with E-state index in [1.807, 2.05) is 5.57 Å². The van der Waals surface area contributed by atoms with Crippen molar-refractivity contribution in [2.45, 2.75) is 127 Å². The maximum Gasteiger partial charge on any atom is -0.0141 e. The normalized spacial score (nSPS) is 45.3. The quantitative estimate of drug-likeness (QED) is 0.374. The molecule has 32 heavy (non-hydrogen) atoms. The summed E-state index contributed by atoms with van der Waals surface area (Å²) in [6.45, 7) is 29.2. The maximum atomic E-state index is 3.00. The lowest BCUT2D eigenvalue weighted by Crippen LogP contribution is -2.58. The van der Waals surface area contributed by atoms with E-state index in [4.69, 9.17) is 0 Å². The summed E-state index contributed by atoms with van der Waals surface area (Å²) in [5.74, 6) is 3.45. The molecule has 4 unspecified atom stereocenters. The van der Waals surface area contributed by atoms with Crippen molar-refractivity contribution >= 4 is 0 Å². The zero-order chi connectivity index (χ0) is 24.2. The number of hydrogen-bond donors (Lipinski definition) is 0. The van der Waals surface area contributed by atoms with Crippen LogP contribution in [0.4, 0.5) is 0 Å². The molecule has 0 heteroatoms. The van der Waals surface area contributed by atoms with E-state index in [1.54, 1.807) is 0 Å². The van der Waals surface area contributed by atoms with Crippen molar-refractivity contribution in [1.29, 1.82) is 0 Å². The Morgan fingerprint density at radius 1 is 0.906 bits per heavy atom. The van der Waals surface area contributed by atoms with Crippen LogP contribution in [0, 0.1) is 50.7 Å². The zero-order valence-corrected chi connectivity index (χ0v) is 23.4. The van der Waals surface area contributed by atoms with Crippen molar-refractivity contribution < 1.29 is 0 Å². The second-order valence-electron chi connectivity index (χ2n) is 14.9. The largest absolute Gasteiger partial charge is 0.106 e. The number of hydrogen-bond acceptors (Lipinski definition) is 0. The van der Waals surface area contributed by atoms with Crippen LogP contribution in [0.15, 0.2) is 24.8 Å². The minimum Gasteiger partial charge on any atom is -0.106 e. The summed E-state index contributed by atoms with van der Waals surface area (Å²) in [6.07, 6.45) is 17.1. The first-order chi connectivity index (χ1) is 14.8. The SMILES string of the molecule is C=C.CCC[C@@]1(C)C(C(C)(C)C)CC[C@@]2(C)C3CC[C@@]4(C)CCC(C)(C)CC4C3=CCC21. The molecule has 4 rings (SSSR count). The van der Waals surface area contributed by atoms with E-state index in [9.17, 15) is 0 Å². The van der Waals surface area contributed by atoms with Gasteiger partial charge in [-0.2, -0.15) is 0 Å². The highest BCUT2D eigenvalue weighted by Gasteiger charge is 2.61. The molecule has 4 aliphatic carbocycles. The highest BCUT2D eigenvalue weighted by molar-refractivity contribution is 5.28. The summed E-state index contributed by atoms with van der Waals surface area (Å²) in [7, 11) is 0. The standard InChI is InChI=1S/C30H52.C2H4/c1-10-15-30(9)24(26(2,3)4)14-17-29(8)22-13-16-28(7)19-18-27(5,6)20-23(28)21(22)11-12-25(29)30;1-2/h11,22-25H,10,12-20H2,1-9H3;1-2H2/t22?,23?,24?,25?,28-,29-,30-;/m0./s1. The first kappa shape index (κ1) is 26.1. The van der Waals surface area contributed by atoms with Crippen LogP contribution in [0.3, 0.4) is 0 Å². The van der Waals surface area contributed by atoms with Crippen molar-refractivity contribution in [3.63, 3.8) is 0 Å². The Labute approximate surface area is 202 Å². The molecular formula is C32H56. The van der Waals surface area contributed by atoms with E-state index in [1.165, 1.54) is 64.2 Å². The van der Waals surface area contributed by atoms with Crippen LogP contribution >= 0.6 is 0 Å². The van der Waals surface area contributed by atoms with Crippen LogP contribution in [0.25, 0.3) is 0 Å². The van der Waals surface area contributed by atoms with E-state index < -0.39 is 0 Å². The molecule has 3 fully saturated rings. The molecular weight excluding hydrogens is 384 g/mol. The average Bonchev–Trinajstić information content (AvgIpc) is 2.69. The number of fused-ring (bicyclic) bond motifs is 5. The summed E-state index contributed by atoms with van der Waals surface area (Å²) >= 11 is 0. The van der Waals surface area contributed by atoms with Crippen molar-refractivity contribution in [2.75, 3.05) is 0 Å². The third-order valence-corrected chi connectivity index (χ3v) is 11.4. The Morgan fingerprint density at radius 3 is 2.16 bits per heavy atom. The van der Waals surface area contributed by atoms with Gasteiger partial charge in [0.2, 0.25) is 0 Å². The predicted molar refractivity (Wildman–Crippen MR) is 143 cm³/mol. The van der Waals surface area contributed by atoms with Gasteiger partial charge in [-0.1, -0.05) is 80.4 Å². The van der Waals surface area contributed by atoms with E-state index >= 15 is 0 Å². The summed E-state index contributed by atoms with van der Waals surface area (Å²) in [6, 6.07) is 0. The fourth-order valence-electron chi connectivity index (χ4n) is 9.87. The van der Waals surface area contributed by atoms with Crippen LogP contribution in [0.1, 0.15) is 127 Å². The molecule has 0 aromatic carbocycles. The summed E-state index contributed by atoms with van der Waals surface area (Å²) in [5, 5.41) is 0. The van der Waals surface area contributed by atoms with Crippen molar-refractivity contribution in [3.8, 4) is 0 Å². The topological polar surface area (TPSA) is 0 Å². The zero-order valence-electron chi connectivity index (χ0n) is 23.4. The molecule has 3 saturated carbocycles. The number of rotatable bonds is 2. The van der Waals surface area contributed by atoms with Gasteiger partial charge in [-0.15, -0.1) is 13.2 Å². The van der Waals surface area contributed by atoms with Gasteiger partial charge in [0, 0.05) is 0 Å². The van der Waals surface area contributed by atoms with E-state index in [2.05, 4.69) is 81.5 Å². The molecule has 0 spiro atoms. The van der Waals surface area contributed by atoms with E-state index in [0.717, 1.165) is 23.7 Å². The van der Waals surface area contributed by atoms with Crippen LogP contribution in [0.2, 0.25) is 0 Å². The van der Waals surface area contributed by atoms with Crippen molar-refractivity contribution in [3.05, 3.63) is 24.8 Å². The van der Waals surface area contributed by atoms with Crippen molar-refractivity contribution in [2.24, 2.45) is 50.7 Å². The Hall–Kier alpha value is -0.520. The number of allylic oxidation sites excluding steroid dienone is 2. The average molecular weight is 441 g/mol. The van der Waals surface area contributed by atoms with Crippen LogP contribution in [-0.2, 0) is 0 Å². The molecule has 0 aromatic rings. The molecule has 0 bridgehead atoms. The molecule has 0 saturated heterocycles. The lowest BCUT2D eigenvalue weighted by atomic mass is 9.39. The fraction of sp³-hybridized carbons (Fsp3) is 0.875. The second-order valence-corrected chi connectivity index (χ2v) is 14.9.